The summed E-state index contributed by atoms with van der Waals surface area (Å²) in [6.07, 6.45) is 3.63. The van der Waals surface area contributed by atoms with Crippen LogP contribution in [0.3, 0.4) is 0 Å². The molecule has 0 aromatic carbocycles. The van der Waals surface area contributed by atoms with Crippen molar-refractivity contribution in [3.8, 4) is 0 Å². The van der Waals surface area contributed by atoms with E-state index in [9.17, 15) is 9.59 Å². The number of rotatable bonds is 14. The number of ether oxygens (including phenoxy) is 2. The van der Waals surface area contributed by atoms with Crippen LogP contribution in [0.1, 0.15) is 41.5 Å². The average Bonchev–Trinajstić information content (AvgIpc) is 2.66. The summed E-state index contributed by atoms with van der Waals surface area (Å²) in [5, 5.41) is 0. The Balaban J connectivity index is 6.40. The van der Waals surface area contributed by atoms with Crippen molar-refractivity contribution in [1.82, 2.24) is 0 Å². The van der Waals surface area contributed by atoms with Crippen molar-refractivity contribution in [2.75, 3.05) is 19.8 Å². The van der Waals surface area contributed by atoms with Crippen molar-refractivity contribution in [3.05, 3.63) is 12.2 Å². The lowest BCUT2D eigenvalue weighted by atomic mass is 9.87. The average molecular weight is 447 g/mol. The fourth-order valence-electron chi connectivity index (χ4n) is 3.37. The van der Waals surface area contributed by atoms with Crippen LogP contribution >= 0.6 is 0 Å². The predicted octanol–water partition coefficient (Wildman–Crippen LogP) is 4.92. The van der Waals surface area contributed by atoms with Gasteiger partial charge in [0.25, 0.3) is 5.60 Å². The normalized spacial score (nSPS) is 14.1. The Labute approximate surface area is 179 Å². The van der Waals surface area contributed by atoms with Gasteiger partial charge in [0.05, 0.1) is 13.2 Å². The van der Waals surface area contributed by atoms with Gasteiger partial charge in [0.1, 0.15) is 0 Å². The van der Waals surface area contributed by atoms with Gasteiger partial charge in [-0.15, -0.1) is 0 Å². The SMILES string of the molecule is C/C=C/[C@H](CO[Si](CC)(CC)CC)C(O[Si](C)(C)C)(C(=O)OCC)C(=O)OCC. The van der Waals surface area contributed by atoms with Crippen molar-refractivity contribution in [2.24, 2.45) is 5.92 Å². The fraction of sp³-hybridized carbons (Fsp3) is 0.810. The zero-order chi connectivity index (χ0) is 22.7. The maximum atomic E-state index is 13.2. The Morgan fingerprint density at radius 1 is 0.897 bits per heavy atom. The van der Waals surface area contributed by atoms with Crippen molar-refractivity contribution in [1.29, 1.82) is 0 Å². The molecule has 0 unspecified atom stereocenters. The minimum Gasteiger partial charge on any atom is -0.463 e. The first-order valence-corrected chi connectivity index (χ1v) is 16.8. The molecule has 8 heteroatoms. The third-order valence-electron chi connectivity index (χ3n) is 5.07. The van der Waals surface area contributed by atoms with Gasteiger partial charge in [-0.25, -0.2) is 9.59 Å². The summed E-state index contributed by atoms with van der Waals surface area (Å²) >= 11 is 0. The minimum atomic E-state index is -2.35. The highest BCUT2D eigenvalue weighted by Crippen LogP contribution is 2.34. The second kappa shape index (κ2) is 12.7. The van der Waals surface area contributed by atoms with Crippen LogP contribution < -0.4 is 0 Å². The molecule has 0 saturated carbocycles. The molecule has 170 valence electrons. The van der Waals surface area contributed by atoms with Gasteiger partial charge in [-0.1, -0.05) is 32.9 Å². The molecule has 0 aromatic rings. The molecule has 0 radical (unpaired) electrons. The maximum absolute atomic E-state index is 13.2. The molecule has 0 bridgehead atoms. The van der Waals surface area contributed by atoms with E-state index in [2.05, 4.69) is 20.8 Å². The molecule has 29 heavy (non-hydrogen) atoms. The molecule has 0 amide bonds. The van der Waals surface area contributed by atoms with Gasteiger partial charge in [0.15, 0.2) is 16.6 Å². The second-order valence-corrected chi connectivity index (χ2v) is 17.3. The van der Waals surface area contributed by atoms with Crippen LogP contribution in [0.4, 0.5) is 0 Å². The molecule has 0 aromatic heterocycles. The van der Waals surface area contributed by atoms with E-state index in [0.29, 0.717) is 0 Å². The van der Waals surface area contributed by atoms with Crippen LogP contribution in [-0.4, -0.2) is 54.0 Å². The number of carbonyl (C=O) groups excluding carboxylic acids is 2. The minimum absolute atomic E-state index is 0.149. The molecule has 0 rings (SSSR count). The zero-order valence-electron chi connectivity index (χ0n) is 19.9. The smallest absolute Gasteiger partial charge is 0.349 e. The van der Waals surface area contributed by atoms with Crippen molar-refractivity contribution >= 4 is 28.6 Å². The molecule has 0 spiro atoms. The van der Waals surface area contributed by atoms with E-state index in [1.54, 1.807) is 13.8 Å². The Bertz CT molecular complexity index is 512. The van der Waals surface area contributed by atoms with Crippen LogP contribution in [0.15, 0.2) is 12.2 Å². The van der Waals surface area contributed by atoms with E-state index in [4.69, 9.17) is 18.3 Å². The molecular formula is C21H42O6Si2. The number of carbonyl (C=O) groups is 2. The standard InChI is InChI=1S/C21H42O6Si2/c1-10-16-18(17-26-29(13-4,14-5)15-6)21(19(22)24-11-2,20(23)25-12-3)27-28(7,8)9/h10,16,18H,11-15,17H2,1-9H3/b16-10+/t18-/m1/s1. The van der Waals surface area contributed by atoms with Gasteiger partial charge in [0, 0.05) is 12.5 Å². The highest BCUT2D eigenvalue weighted by molar-refractivity contribution is 6.73. The van der Waals surface area contributed by atoms with Crippen LogP contribution in [0.5, 0.6) is 0 Å². The first-order chi connectivity index (χ1) is 13.5. The summed E-state index contributed by atoms with van der Waals surface area (Å²) in [7, 11) is -4.28. The summed E-state index contributed by atoms with van der Waals surface area (Å²) in [6.45, 7) is 18.1. The quantitative estimate of drug-likeness (QED) is 0.163. The molecule has 0 heterocycles. The Morgan fingerprint density at radius 2 is 1.34 bits per heavy atom. The van der Waals surface area contributed by atoms with Gasteiger partial charge >= 0.3 is 11.9 Å². The Hall–Kier alpha value is -0.966. The highest BCUT2D eigenvalue weighted by atomic mass is 28.4. The van der Waals surface area contributed by atoms with Gasteiger partial charge in [0.2, 0.25) is 0 Å². The van der Waals surface area contributed by atoms with Crippen molar-refractivity contribution in [2.45, 2.75) is 84.9 Å². The van der Waals surface area contributed by atoms with Crippen LogP contribution in [0.2, 0.25) is 37.8 Å². The number of esters is 2. The topological polar surface area (TPSA) is 71.1 Å². The fourth-order valence-corrected chi connectivity index (χ4v) is 7.30. The third-order valence-corrected chi connectivity index (χ3v) is 10.7. The molecule has 0 aliphatic rings. The molecule has 0 fully saturated rings. The Morgan fingerprint density at radius 3 is 1.66 bits per heavy atom. The molecular weight excluding hydrogens is 404 g/mol. The van der Waals surface area contributed by atoms with Crippen LogP contribution in [0, 0.1) is 5.92 Å². The first-order valence-electron chi connectivity index (χ1n) is 10.8. The van der Waals surface area contributed by atoms with Gasteiger partial charge < -0.3 is 18.3 Å². The highest BCUT2D eigenvalue weighted by Gasteiger charge is 2.58. The van der Waals surface area contributed by atoms with E-state index >= 15 is 0 Å². The lowest BCUT2D eigenvalue weighted by Crippen LogP contribution is -2.61. The zero-order valence-corrected chi connectivity index (χ0v) is 21.9. The lowest BCUT2D eigenvalue weighted by molar-refractivity contribution is -0.186. The summed E-state index contributed by atoms with van der Waals surface area (Å²) < 4.78 is 23.5. The molecule has 0 saturated heterocycles. The molecule has 0 aliphatic carbocycles. The van der Waals surface area contributed by atoms with Gasteiger partial charge in [-0.05, 0) is 58.5 Å². The largest absolute Gasteiger partial charge is 0.463 e. The van der Waals surface area contributed by atoms with Crippen LogP contribution in [-0.2, 0) is 27.9 Å². The molecule has 0 aliphatic heterocycles. The van der Waals surface area contributed by atoms with Crippen LogP contribution in [0.25, 0.3) is 0 Å². The second-order valence-electron chi connectivity index (χ2n) is 8.08. The van der Waals surface area contributed by atoms with Crippen molar-refractivity contribution in [3.63, 3.8) is 0 Å². The predicted molar refractivity (Wildman–Crippen MR) is 122 cm³/mol. The maximum Gasteiger partial charge on any atom is 0.349 e. The van der Waals surface area contributed by atoms with E-state index < -0.39 is 40.1 Å². The van der Waals surface area contributed by atoms with Crippen molar-refractivity contribution < 1.29 is 27.9 Å². The van der Waals surface area contributed by atoms with E-state index in [-0.39, 0.29) is 19.8 Å². The first kappa shape index (κ1) is 28.0. The number of allylic oxidation sites excluding steroid dienone is 1. The lowest BCUT2D eigenvalue weighted by Gasteiger charge is -2.40. The summed E-state index contributed by atoms with van der Waals surface area (Å²) in [5.41, 5.74) is -1.86. The summed E-state index contributed by atoms with van der Waals surface area (Å²) in [6, 6.07) is 2.93. The number of hydrogen-bond acceptors (Lipinski definition) is 6. The summed E-state index contributed by atoms with van der Waals surface area (Å²) in [4.78, 5) is 26.4. The third kappa shape index (κ3) is 7.66. The molecule has 6 nitrogen and oxygen atoms in total. The monoisotopic (exact) mass is 446 g/mol. The van der Waals surface area contributed by atoms with E-state index in [1.165, 1.54) is 0 Å². The van der Waals surface area contributed by atoms with Gasteiger partial charge in [-0.3, -0.25) is 0 Å². The molecule has 1 atom stereocenters. The van der Waals surface area contributed by atoms with E-state index in [1.807, 2.05) is 38.7 Å². The number of hydrogen-bond donors (Lipinski definition) is 0. The summed E-state index contributed by atoms with van der Waals surface area (Å²) in [5.74, 6) is -2.04. The van der Waals surface area contributed by atoms with Gasteiger partial charge in [-0.2, -0.15) is 0 Å². The Kier molecular flexibility index (Phi) is 12.2. The molecule has 0 N–H and O–H groups in total. The van der Waals surface area contributed by atoms with E-state index in [0.717, 1.165) is 18.1 Å².